The van der Waals surface area contributed by atoms with Gasteiger partial charge in [0.1, 0.15) is 5.60 Å². The van der Waals surface area contributed by atoms with Crippen molar-refractivity contribution < 1.29 is 4.84 Å². The molecule has 1 aromatic rings. The minimum Gasteiger partial charge on any atom is -0.354 e. The Morgan fingerprint density at radius 2 is 2.00 bits per heavy atom. The molecule has 0 aliphatic rings. The summed E-state index contributed by atoms with van der Waals surface area (Å²) in [6, 6.07) is 0. The molecule has 80 valence electrons. The summed E-state index contributed by atoms with van der Waals surface area (Å²) in [4.78, 5) is 12.4. The van der Waals surface area contributed by atoms with E-state index in [0.29, 0.717) is 0 Å². The molecule has 0 unspecified atom stereocenters. The first kappa shape index (κ1) is 11.4. The molecule has 1 aromatic heterocycles. The highest BCUT2D eigenvalue weighted by atomic mass is 32.1. The van der Waals surface area contributed by atoms with Crippen molar-refractivity contribution in [3.8, 4) is 0 Å². The number of nitrogens with zero attached hydrogens (tertiary/aromatic N) is 2. The van der Waals surface area contributed by atoms with Gasteiger partial charge in [0.15, 0.2) is 5.13 Å². The van der Waals surface area contributed by atoms with Crippen LogP contribution in [0, 0.1) is 6.92 Å². The Labute approximate surface area is 88.6 Å². The van der Waals surface area contributed by atoms with E-state index in [1.165, 1.54) is 0 Å². The third-order valence-corrected chi connectivity index (χ3v) is 3.64. The van der Waals surface area contributed by atoms with Crippen LogP contribution in [0.2, 0.25) is 0 Å². The van der Waals surface area contributed by atoms with Crippen molar-refractivity contribution in [1.82, 2.24) is 4.98 Å². The molecule has 0 radical (unpaired) electrons. The molecule has 0 aliphatic carbocycles. The highest BCUT2D eigenvalue weighted by molar-refractivity contribution is 7.15. The van der Waals surface area contributed by atoms with Crippen molar-refractivity contribution in [1.29, 1.82) is 0 Å². The summed E-state index contributed by atoms with van der Waals surface area (Å²) in [6.45, 7) is 5.85. The average molecular weight is 215 g/mol. The number of thiazole rings is 1. The maximum atomic E-state index is 5.26. The number of aryl methyl sites for hydroxylation is 1. The first-order valence-electron chi connectivity index (χ1n) is 4.41. The molecule has 0 aromatic carbocycles. The first-order chi connectivity index (χ1) is 6.38. The van der Waals surface area contributed by atoms with Crippen LogP contribution in [-0.4, -0.2) is 19.1 Å². The summed E-state index contributed by atoms with van der Waals surface area (Å²) in [5, 5.41) is 0.975. The van der Waals surface area contributed by atoms with Crippen LogP contribution in [0.15, 0.2) is 0 Å². The molecule has 0 atom stereocenters. The van der Waals surface area contributed by atoms with Crippen molar-refractivity contribution in [3.05, 3.63) is 10.6 Å². The Balaban J connectivity index is 3.10. The smallest absolute Gasteiger partial charge is 0.185 e. The second-order valence-electron chi connectivity index (χ2n) is 3.93. The van der Waals surface area contributed by atoms with Gasteiger partial charge in [-0.2, -0.15) is 0 Å². The Morgan fingerprint density at radius 1 is 1.43 bits per heavy atom. The van der Waals surface area contributed by atoms with Crippen LogP contribution < -0.4 is 10.8 Å². The maximum Gasteiger partial charge on any atom is 0.185 e. The molecule has 0 amide bonds. The van der Waals surface area contributed by atoms with Gasteiger partial charge in [0.2, 0.25) is 0 Å². The van der Waals surface area contributed by atoms with Gasteiger partial charge in [-0.15, -0.1) is 0 Å². The number of hydrogen-bond donors (Lipinski definition) is 1. The lowest BCUT2D eigenvalue weighted by Crippen LogP contribution is -2.24. The van der Waals surface area contributed by atoms with Crippen LogP contribution in [0.5, 0.6) is 0 Å². The van der Waals surface area contributed by atoms with Crippen molar-refractivity contribution in [2.75, 3.05) is 19.0 Å². The molecule has 5 heteroatoms. The summed E-state index contributed by atoms with van der Waals surface area (Å²) >= 11 is 1.61. The zero-order chi connectivity index (χ0) is 10.9. The Hall–Kier alpha value is -0.650. The SMILES string of the molecule is Cc1nc(N(C)C)sc1C(C)(C)ON. The normalized spacial score (nSPS) is 11.9. The quantitative estimate of drug-likeness (QED) is 0.779. The van der Waals surface area contributed by atoms with E-state index in [9.17, 15) is 0 Å². The van der Waals surface area contributed by atoms with E-state index in [1.807, 2.05) is 39.8 Å². The van der Waals surface area contributed by atoms with E-state index >= 15 is 0 Å². The Morgan fingerprint density at radius 3 is 2.36 bits per heavy atom. The summed E-state index contributed by atoms with van der Waals surface area (Å²) < 4.78 is 0. The van der Waals surface area contributed by atoms with E-state index in [0.717, 1.165) is 15.7 Å². The zero-order valence-corrected chi connectivity index (χ0v) is 10.1. The predicted octanol–water partition coefficient (Wildman–Crippen LogP) is 1.64. The van der Waals surface area contributed by atoms with E-state index in [4.69, 9.17) is 10.7 Å². The molecule has 0 fully saturated rings. The van der Waals surface area contributed by atoms with Crippen molar-refractivity contribution in [2.24, 2.45) is 5.90 Å². The van der Waals surface area contributed by atoms with Crippen LogP contribution >= 0.6 is 11.3 Å². The highest BCUT2D eigenvalue weighted by Gasteiger charge is 2.26. The number of aromatic nitrogens is 1. The summed E-state index contributed by atoms with van der Waals surface area (Å²) in [5.41, 5.74) is 0.518. The topological polar surface area (TPSA) is 51.4 Å². The van der Waals surface area contributed by atoms with Gasteiger partial charge in [-0.1, -0.05) is 11.3 Å². The minimum atomic E-state index is -0.462. The summed E-state index contributed by atoms with van der Waals surface area (Å²) in [5.74, 6) is 5.26. The van der Waals surface area contributed by atoms with Crippen molar-refractivity contribution in [3.63, 3.8) is 0 Å². The molecule has 14 heavy (non-hydrogen) atoms. The largest absolute Gasteiger partial charge is 0.354 e. The Bertz CT molecular complexity index is 320. The molecule has 0 spiro atoms. The number of nitrogens with two attached hydrogens (primary N) is 1. The minimum absolute atomic E-state index is 0.462. The standard InChI is InChI=1S/C9H17N3OS/c1-6-7(9(2,3)13-10)14-8(11-6)12(4)5/h10H2,1-5H3. The number of hydrogen-bond acceptors (Lipinski definition) is 5. The van der Waals surface area contributed by atoms with Crippen LogP contribution in [-0.2, 0) is 10.4 Å². The molecule has 4 nitrogen and oxygen atoms in total. The molecular formula is C9H17N3OS. The highest BCUT2D eigenvalue weighted by Crippen LogP contribution is 2.34. The van der Waals surface area contributed by atoms with Gasteiger partial charge < -0.3 is 4.90 Å². The van der Waals surface area contributed by atoms with Crippen LogP contribution in [0.4, 0.5) is 5.13 Å². The van der Waals surface area contributed by atoms with Gasteiger partial charge in [0.25, 0.3) is 0 Å². The van der Waals surface area contributed by atoms with Gasteiger partial charge in [-0.05, 0) is 20.8 Å². The van der Waals surface area contributed by atoms with E-state index < -0.39 is 5.60 Å². The fraction of sp³-hybridized carbons (Fsp3) is 0.667. The number of rotatable bonds is 3. The zero-order valence-electron chi connectivity index (χ0n) is 9.29. The molecule has 1 heterocycles. The lowest BCUT2D eigenvalue weighted by atomic mass is 10.1. The fourth-order valence-electron chi connectivity index (χ4n) is 1.19. The third kappa shape index (κ3) is 2.05. The second-order valence-corrected chi connectivity index (χ2v) is 4.91. The molecule has 0 bridgehead atoms. The monoisotopic (exact) mass is 215 g/mol. The van der Waals surface area contributed by atoms with Gasteiger partial charge in [0.05, 0.1) is 10.6 Å². The van der Waals surface area contributed by atoms with E-state index in [-0.39, 0.29) is 0 Å². The van der Waals surface area contributed by atoms with Gasteiger partial charge in [0, 0.05) is 14.1 Å². The second kappa shape index (κ2) is 3.84. The molecule has 0 saturated heterocycles. The van der Waals surface area contributed by atoms with Crippen LogP contribution in [0.1, 0.15) is 24.4 Å². The van der Waals surface area contributed by atoms with E-state index in [1.54, 1.807) is 11.3 Å². The van der Waals surface area contributed by atoms with Gasteiger partial charge in [-0.25, -0.2) is 10.9 Å². The van der Waals surface area contributed by atoms with Crippen molar-refractivity contribution >= 4 is 16.5 Å². The molecule has 0 saturated carbocycles. The summed E-state index contributed by atoms with van der Waals surface area (Å²) in [7, 11) is 3.94. The Kier molecular flexibility index (Phi) is 3.14. The molecule has 2 N–H and O–H groups in total. The summed E-state index contributed by atoms with van der Waals surface area (Å²) in [6.07, 6.45) is 0. The average Bonchev–Trinajstić information content (AvgIpc) is 2.48. The van der Waals surface area contributed by atoms with Crippen LogP contribution in [0.25, 0.3) is 0 Å². The fourth-order valence-corrected chi connectivity index (χ4v) is 2.22. The lowest BCUT2D eigenvalue weighted by Gasteiger charge is -2.20. The lowest BCUT2D eigenvalue weighted by molar-refractivity contribution is -0.0214. The molecule has 1 rings (SSSR count). The van der Waals surface area contributed by atoms with E-state index in [2.05, 4.69) is 4.98 Å². The molecule has 0 aliphatic heterocycles. The van der Waals surface area contributed by atoms with Crippen LogP contribution in [0.3, 0.4) is 0 Å². The third-order valence-electron chi connectivity index (χ3n) is 2.01. The number of anilines is 1. The molecular weight excluding hydrogens is 198 g/mol. The van der Waals surface area contributed by atoms with Gasteiger partial charge >= 0.3 is 0 Å². The maximum absolute atomic E-state index is 5.26. The first-order valence-corrected chi connectivity index (χ1v) is 5.23. The van der Waals surface area contributed by atoms with Gasteiger partial charge in [-0.3, -0.25) is 4.84 Å². The predicted molar refractivity (Wildman–Crippen MR) is 59.5 cm³/mol. The van der Waals surface area contributed by atoms with Crippen molar-refractivity contribution in [2.45, 2.75) is 26.4 Å².